The summed E-state index contributed by atoms with van der Waals surface area (Å²) >= 11 is 3.28. The van der Waals surface area contributed by atoms with Crippen LogP contribution in [0.3, 0.4) is 0 Å². The number of nitrogens with zero attached hydrogens (tertiary/aromatic N) is 2. The SMILES string of the molecule is CSc1ccccc1-c1nc(-c2cccs2)no1. The van der Waals surface area contributed by atoms with E-state index < -0.39 is 0 Å². The Morgan fingerprint density at radius 3 is 2.83 bits per heavy atom. The number of thioether (sulfide) groups is 1. The van der Waals surface area contributed by atoms with Gasteiger partial charge in [0.15, 0.2) is 0 Å². The smallest absolute Gasteiger partial charge is 0.259 e. The van der Waals surface area contributed by atoms with E-state index in [4.69, 9.17) is 4.52 Å². The van der Waals surface area contributed by atoms with Crippen molar-refractivity contribution in [2.24, 2.45) is 0 Å². The fraction of sp³-hybridized carbons (Fsp3) is 0.0769. The average molecular weight is 274 g/mol. The van der Waals surface area contributed by atoms with Gasteiger partial charge in [0, 0.05) is 4.90 Å². The van der Waals surface area contributed by atoms with Crippen molar-refractivity contribution >= 4 is 23.1 Å². The lowest BCUT2D eigenvalue weighted by atomic mass is 10.2. The van der Waals surface area contributed by atoms with Crippen LogP contribution in [0.25, 0.3) is 22.2 Å². The summed E-state index contributed by atoms with van der Waals surface area (Å²) in [4.78, 5) is 6.61. The molecule has 0 amide bonds. The molecular weight excluding hydrogens is 264 g/mol. The second-order valence-electron chi connectivity index (χ2n) is 3.60. The van der Waals surface area contributed by atoms with Crippen molar-refractivity contribution in [3.8, 4) is 22.2 Å². The zero-order valence-corrected chi connectivity index (χ0v) is 11.3. The maximum absolute atomic E-state index is 5.35. The summed E-state index contributed by atoms with van der Waals surface area (Å²) in [7, 11) is 0. The van der Waals surface area contributed by atoms with Gasteiger partial charge in [-0.25, -0.2) is 0 Å². The fourth-order valence-electron chi connectivity index (χ4n) is 1.66. The molecule has 0 aliphatic rings. The zero-order chi connectivity index (χ0) is 12.4. The number of benzene rings is 1. The Morgan fingerprint density at radius 2 is 2.06 bits per heavy atom. The summed E-state index contributed by atoms with van der Waals surface area (Å²) in [6.07, 6.45) is 2.04. The minimum atomic E-state index is 0.573. The van der Waals surface area contributed by atoms with Crippen LogP contribution in [0.15, 0.2) is 51.2 Å². The van der Waals surface area contributed by atoms with Crippen molar-refractivity contribution in [3.63, 3.8) is 0 Å². The molecule has 0 aliphatic carbocycles. The Labute approximate surface area is 113 Å². The Hall–Kier alpha value is -1.59. The van der Waals surface area contributed by atoms with Gasteiger partial charge in [-0.05, 0) is 29.8 Å². The molecule has 3 aromatic rings. The molecule has 1 aromatic carbocycles. The molecule has 0 N–H and O–H groups in total. The van der Waals surface area contributed by atoms with Crippen molar-refractivity contribution in [3.05, 3.63) is 41.8 Å². The third-order valence-electron chi connectivity index (χ3n) is 2.50. The Bertz CT molecular complexity index is 647. The van der Waals surface area contributed by atoms with Gasteiger partial charge in [-0.1, -0.05) is 23.4 Å². The Balaban J connectivity index is 2.03. The third-order valence-corrected chi connectivity index (χ3v) is 4.17. The standard InChI is InChI=1S/C13H10N2OS2/c1-17-10-6-3-2-5-9(10)13-14-12(15-16-13)11-7-4-8-18-11/h2-8H,1H3. The predicted molar refractivity (Wildman–Crippen MR) is 74.8 cm³/mol. The van der Waals surface area contributed by atoms with Crippen LogP contribution < -0.4 is 0 Å². The van der Waals surface area contributed by atoms with E-state index >= 15 is 0 Å². The van der Waals surface area contributed by atoms with Crippen LogP contribution >= 0.6 is 23.1 Å². The first kappa shape index (κ1) is 11.5. The molecule has 2 heterocycles. The van der Waals surface area contributed by atoms with E-state index in [1.54, 1.807) is 23.1 Å². The molecule has 0 radical (unpaired) electrons. The largest absolute Gasteiger partial charge is 0.334 e. The average Bonchev–Trinajstić information content (AvgIpc) is 3.09. The first-order chi connectivity index (χ1) is 8.88. The van der Waals surface area contributed by atoms with Crippen LogP contribution in [0.5, 0.6) is 0 Å². The predicted octanol–water partition coefficient (Wildman–Crippen LogP) is 4.19. The summed E-state index contributed by atoms with van der Waals surface area (Å²) < 4.78 is 5.35. The Morgan fingerprint density at radius 1 is 1.17 bits per heavy atom. The summed E-state index contributed by atoms with van der Waals surface area (Å²) in [5, 5.41) is 6.03. The molecule has 3 nitrogen and oxygen atoms in total. The van der Waals surface area contributed by atoms with Crippen molar-refractivity contribution in [2.75, 3.05) is 6.26 Å². The highest BCUT2D eigenvalue weighted by Crippen LogP contribution is 2.30. The number of hydrogen-bond acceptors (Lipinski definition) is 5. The fourth-order valence-corrected chi connectivity index (χ4v) is 2.90. The molecule has 2 aromatic heterocycles. The van der Waals surface area contributed by atoms with Gasteiger partial charge in [0.2, 0.25) is 5.82 Å². The van der Waals surface area contributed by atoms with E-state index in [-0.39, 0.29) is 0 Å². The molecule has 0 fully saturated rings. The molecule has 0 bridgehead atoms. The molecule has 90 valence electrons. The van der Waals surface area contributed by atoms with Gasteiger partial charge in [0.25, 0.3) is 5.89 Å². The second-order valence-corrected chi connectivity index (χ2v) is 5.40. The van der Waals surface area contributed by atoms with E-state index in [9.17, 15) is 0 Å². The molecule has 0 atom stereocenters. The van der Waals surface area contributed by atoms with Crippen LogP contribution in [-0.2, 0) is 0 Å². The monoisotopic (exact) mass is 274 g/mol. The molecule has 0 spiro atoms. The summed E-state index contributed by atoms with van der Waals surface area (Å²) in [6.45, 7) is 0. The lowest BCUT2D eigenvalue weighted by Gasteiger charge is -2.00. The van der Waals surface area contributed by atoms with Gasteiger partial charge in [0.1, 0.15) is 0 Å². The molecule has 5 heteroatoms. The van der Waals surface area contributed by atoms with Crippen LogP contribution in [0.2, 0.25) is 0 Å². The number of rotatable bonds is 3. The highest BCUT2D eigenvalue weighted by atomic mass is 32.2. The molecule has 0 saturated heterocycles. The normalized spacial score (nSPS) is 10.7. The van der Waals surface area contributed by atoms with Gasteiger partial charge in [-0.15, -0.1) is 23.1 Å². The molecule has 3 rings (SSSR count). The maximum Gasteiger partial charge on any atom is 0.259 e. The van der Waals surface area contributed by atoms with Crippen molar-refractivity contribution in [1.82, 2.24) is 10.1 Å². The first-order valence-electron chi connectivity index (χ1n) is 5.39. The topological polar surface area (TPSA) is 38.9 Å². The van der Waals surface area contributed by atoms with Gasteiger partial charge in [0.05, 0.1) is 10.4 Å². The second kappa shape index (κ2) is 4.96. The van der Waals surface area contributed by atoms with E-state index in [0.29, 0.717) is 11.7 Å². The number of aromatic nitrogens is 2. The van der Waals surface area contributed by atoms with Crippen LogP contribution in [-0.4, -0.2) is 16.4 Å². The molecule has 0 saturated carbocycles. The van der Waals surface area contributed by atoms with Crippen LogP contribution in [0.4, 0.5) is 0 Å². The quantitative estimate of drug-likeness (QED) is 0.671. The molecule has 0 aliphatic heterocycles. The Kier molecular flexibility index (Phi) is 3.17. The van der Waals surface area contributed by atoms with Crippen molar-refractivity contribution in [1.29, 1.82) is 0 Å². The number of hydrogen-bond donors (Lipinski definition) is 0. The lowest BCUT2D eigenvalue weighted by molar-refractivity contribution is 0.431. The first-order valence-corrected chi connectivity index (χ1v) is 7.50. The lowest BCUT2D eigenvalue weighted by Crippen LogP contribution is -1.81. The maximum atomic E-state index is 5.35. The summed E-state index contributed by atoms with van der Waals surface area (Å²) in [6, 6.07) is 12.0. The van der Waals surface area contributed by atoms with Gasteiger partial charge >= 0.3 is 0 Å². The van der Waals surface area contributed by atoms with Gasteiger partial charge < -0.3 is 4.52 Å². The highest BCUT2D eigenvalue weighted by molar-refractivity contribution is 7.98. The summed E-state index contributed by atoms with van der Waals surface area (Å²) in [5.74, 6) is 1.22. The minimum absolute atomic E-state index is 0.573. The molecular formula is C13H10N2OS2. The molecule has 18 heavy (non-hydrogen) atoms. The highest BCUT2D eigenvalue weighted by Gasteiger charge is 2.13. The van der Waals surface area contributed by atoms with Crippen molar-refractivity contribution in [2.45, 2.75) is 4.90 Å². The van der Waals surface area contributed by atoms with E-state index in [1.165, 1.54) is 0 Å². The zero-order valence-electron chi connectivity index (χ0n) is 9.66. The van der Waals surface area contributed by atoms with Gasteiger partial charge in [-0.3, -0.25) is 0 Å². The minimum Gasteiger partial charge on any atom is -0.334 e. The number of thiophene rings is 1. The van der Waals surface area contributed by atoms with Crippen LogP contribution in [0.1, 0.15) is 0 Å². The third kappa shape index (κ3) is 2.07. The van der Waals surface area contributed by atoms with E-state index in [0.717, 1.165) is 15.3 Å². The van der Waals surface area contributed by atoms with E-state index in [2.05, 4.69) is 16.2 Å². The summed E-state index contributed by atoms with van der Waals surface area (Å²) in [5.41, 5.74) is 0.986. The van der Waals surface area contributed by atoms with Crippen molar-refractivity contribution < 1.29 is 4.52 Å². The molecule has 0 unspecified atom stereocenters. The van der Waals surface area contributed by atoms with E-state index in [1.807, 2.05) is 42.0 Å². The van der Waals surface area contributed by atoms with Gasteiger partial charge in [-0.2, -0.15) is 4.98 Å². The van der Waals surface area contributed by atoms with Crippen LogP contribution in [0, 0.1) is 0 Å².